The van der Waals surface area contributed by atoms with Gasteiger partial charge in [-0.05, 0) is 18.2 Å². The molecular formula is C16H13NO. The summed E-state index contributed by atoms with van der Waals surface area (Å²) in [5.74, 6) is 5.99. The monoisotopic (exact) mass is 235 g/mol. The van der Waals surface area contributed by atoms with E-state index in [-0.39, 0.29) is 6.61 Å². The summed E-state index contributed by atoms with van der Waals surface area (Å²) in [6.45, 7) is 0.113. The van der Waals surface area contributed by atoms with Gasteiger partial charge < -0.3 is 10.1 Å². The zero-order valence-electron chi connectivity index (χ0n) is 9.90. The lowest BCUT2D eigenvalue weighted by atomic mass is 10.1. The molecule has 3 rings (SSSR count). The van der Waals surface area contributed by atoms with E-state index in [1.165, 1.54) is 10.8 Å². The summed E-state index contributed by atoms with van der Waals surface area (Å²) in [5, 5.41) is 11.2. The third kappa shape index (κ3) is 1.85. The highest BCUT2D eigenvalue weighted by Crippen LogP contribution is 2.25. The molecular weight excluding hydrogens is 222 g/mol. The fraction of sp³-hybridized carbons (Fsp3) is 0.125. The topological polar surface area (TPSA) is 36.0 Å². The summed E-state index contributed by atoms with van der Waals surface area (Å²) < 4.78 is 0. The van der Waals surface area contributed by atoms with Crippen LogP contribution in [0.25, 0.3) is 21.8 Å². The van der Waals surface area contributed by atoms with Gasteiger partial charge in [0.2, 0.25) is 0 Å². The molecule has 3 aromatic rings. The Morgan fingerprint density at radius 1 is 1.00 bits per heavy atom. The predicted octanol–water partition coefficient (Wildman–Crippen LogP) is 3.06. The van der Waals surface area contributed by atoms with Crippen LogP contribution in [0.2, 0.25) is 0 Å². The maximum atomic E-state index is 8.70. The van der Waals surface area contributed by atoms with Crippen molar-refractivity contribution < 1.29 is 5.11 Å². The van der Waals surface area contributed by atoms with Crippen molar-refractivity contribution in [1.29, 1.82) is 0 Å². The molecule has 0 unspecified atom stereocenters. The molecule has 0 saturated carbocycles. The highest BCUT2D eigenvalue weighted by Gasteiger charge is 2.02. The van der Waals surface area contributed by atoms with Gasteiger partial charge >= 0.3 is 0 Å². The minimum atomic E-state index is 0.113. The van der Waals surface area contributed by atoms with Gasteiger partial charge in [0, 0.05) is 33.8 Å². The molecule has 0 atom stereocenters. The van der Waals surface area contributed by atoms with Gasteiger partial charge in [-0.1, -0.05) is 36.1 Å². The number of aliphatic hydroxyl groups excluding tert-OH is 1. The first-order valence-corrected chi connectivity index (χ1v) is 5.99. The summed E-state index contributed by atoms with van der Waals surface area (Å²) >= 11 is 0. The Balaban J connectivity index is 2.13. The van der Waals surface area contributed by atoms with E-state index >= 15 is 0 Å². The maximum Gasteiger partial charge on any atom is 0.0540 e. The van der Waals surface area contributed by atoms with E-state index in [0.29, 0.717) is 6.42 Å². The van der Waals surface area contributed by atoms with Gasteiger partial charge in [-0.2, -0.15) is 0 Å². The largest absolute Gasteiger partial charge is 0.395 e. The fourth-order valence-electron chi connectivity index (χ4n) is 2.15. The van der Waals surface area contributed by atoms with Crippen LogP contribution in [0.1, 0.15) is 12.0 Å². The first kappa shape index (κ1) is 10.9. The van der Waals surface area contributed by atoms with Crippen LogP contribution in [0.4, 0.5) is 0 Å². The predicted molar refractivity (Wildman–Crippen MR) is 74.4 cm³/mol. The Bertz CT molecular complexity index is 759. The average Bonchev–Trinajstić information content (AvgIpc) is 2.76. The maximum absolute atomic E-state index is 8.70. The van der Waals surface area contributed by atoms with Crippen LogP contribution in [-0.4, -0.2) is 16.7 Å². The van der Waals surface area contributed by atoms with E-state index in [1.54, 1.807) is 0 Å². The third-order valence-electron chi connectivity index (χ3n) is 2.98. The molecule has 2 nitrogen and oxygen atoms in total. The zero-order chi connectivity index (χ0) is 12.4. The Kier molecular flexibility index (Phi) is 2.76. The molecule has 0 fully saturated rings. The molecule has 0 aliphatic carbocycles. The van der Waals surface area contributed by atoms with Crippen molar-refractivity contribution >= 4 is 21.8 Å². The molecule has 0 radical (unpaired) electrons. The number of nitrogens with one attached hydrogen (secondary N) is 1. The van der Waals surface area contributed by atoms with Crippen LogP contribution in [0.5, 0.6) is 0 Å². The Labute approximate surface area is 105 Å². The average molecular weight is 235 g/mol. The molecule has 1 aromatic heterocycles. The molecule has 2 N–H and O–H groups in total. The van der Waals surface area contributed by atoms with Crippen molar-refractivity contribution in [1.82, 2.24) is 4.98 Å². The molecule has 0 saturated heterocycles. The molecule has 0 aliphatic rings. The molecule has 18 heavy (non-hydrogen) atoms. The Hall–Kier alpha value is -2.24. The van der Waals surface area contributed by atoms with Crippen molar-refractivity contribution in [2.24, 2.45) is 0 Å². The van der Waals surface area contributed by atoms with E-state index in [9.17, 15) is 0 Å². The van der Waals surface area contributed by atoms with Gasteiger partial charge in [-0.3, -0.25) is 0 Å². The SMILES string of the molecule is OCCC#Cc1ccc2c(c1)[nH]c1ccccc12. The highest BCUT2D eigenvalue weighted by molar-refractivity contribution is 6.07. The van der Waals surface area contributed by atoms with Gasteiger partial charge in [0.15, 0.2) is 0 Å². The van der Waals surface area contributed by atoms with Crippen LogP contribution in [0, 0.1) is 11.8 Å². The smallest absolute Gasteiger partial charge is 0.0540 e. The first-order chi connectivity index (χ1) is 8.88. The molecule has 0 bridgehead atoms. The van der Waals surface area contributed by atoms with E-state index < -0.39 is 0 Å². The second kappa shape index (κ2) is 4.56. The minimum absolute atomic E-state index is 0.113. The van der Waals surface area contributed by atoms with Crippen molar-refractivity contribution in [3.8, 4) is 11.8 Å². The Morgan fingerprint density at radius 3 is 2.72 bits per heavy atom. The van der Waals surface area contributed by atoms with Gasteiger partial charge in [-0.25, -0.2) is 0 Å². The Morgan fingerprint density at radius 2 is 1.83 bits per heavy atom. The number of aromatic nitrogens is 1. The lowest BCUT2D eigenvalue weighted by Gasteiger charge is -1.92. The number of para-hydroxylation sites is 1. The van der Waals surface area contributed by atoms with Crippen LogP contribution >= 0.6 is 0 Å². The number of aromatic amines is 1. The molecule has 1 heterocycles. The standard InChI is InChI=1S/C16H13NO/c18-10-4-3-5-12-8-9-14-13-6-1-2-7-15(13)17-16(14)11-12/h1-2,6-9,11,17-18H,4,10H2. The summed E-state index contributed by atoms with van der Waals surface area (Å²) in [4.78, 5) is 3.39. The fourth-order valence-corrected chi connectivity index (χ4v) is 2.15. The first-order valence-electron chi connectivity index (χ1n) is 5.99. The lowest BCUT2D eigenvalue weighted by Crippen LogP contribution is -1.78. The number of hydrogen-bond acceptors (Lipinski definition) is 1. The molecule has 0 spiro atoms. The van der Waals surface area contributed by atoms with E-state index in [4.69, 9.17) is 5.11 Å². The molecule has 0 amide bonds. The number of fused-ring (bicyclic) bond motifs is 3. The van der Waals surface area contributed by atoms with Crippen molar-refractivity contribution in [2.75, 3.05) is 6.61 Å². The van der Waals surface area contributed by atoms with Crippen LogP contribution in [0.3, 0.4) is 0 Å². The second-order valence-corrected chi connectivity index (χ2v) is 4.21. The van der Waals surface area contributed by atoms with Crippen LogP contribution in [-0.2, 0) is 0 Å². The number of aliphatic hydroxyl groups is 1. The number of benzene rings is 2. The lowest BCUT2D eigenvalue weighted by molar-refractivity contribution is 0.305. The van der Waals surface area contributed by atoms with E-state index in [2.05, 4.69) is 41.1 Å². The van der Waals surface area contributed by atoms with E-state index in [1.807, 2.05) is 18.2 Å². The zero-order valence-corrected chi connectivity index (χ0v) is 9.90. The number of H-pyrrole nitrogens is 1. The molecule has 88 valence electrons. The number of hydrogen-bond donors (Lipinski definition) is 2. The van der Waals surface area contributed by atoms with Gasteiger partial charge in [0.05, 0.1) is 6.61 Å². The normalized spacial score (nSPS) is 10.5. The van der Waals surface area contributed by atoms with Crippen molar-refractivity contribution in [2.45, 2.75) is 6.42 Å². The van der Waals surface area contributed by atoms with Crippen LogP contribution < -0.4 is 0 Å². The van der Waals surface area contributed by atoms with Crippen molar-refractivity contribution in [3.05, 3.63) is 48.0 Å². The highest BCUT2D eigenvalue weighted by atomic mass is 16.2. The second-order valence-electron chi connectivity index (χ2n) is 4.21. The van der Waals surface area contributed by atoms with E-state index in [0.717, 1.165) is 16.6 Å². The summed E-state index contributed by atoms with van der Waals surface area (Å²) in [5.41, 5.74) is 3.22. The van der Waals surface area contributed by atoms with Crippen molar-refractivity contribution in [3.63, 3.8) is 0 Å². The summed E-state index contributed by atoms with van der Waals surface area (Å²) in [6.07, 6.45) is 0.519. The number of rotatable bonds is 1. The minimum Gasteiger partial charge on any atom is -0.395 e. The quantitative estimate of drug-likeness (QED) is 0.625. The third-order valence-corrected chi connectivity index (χ3v) is 2.98. The summed E-state index contributed by atoms with van der Waals surface area (Å²) in [6, 6.07) is 14.4. The molecule has 2 heteroatoms. The summed E-state index contributed by atoms with van der Waals surface area (Å²) in [7, 11) is 0. The molecule has 0 aliphatic heterocycles. The van der Waals surface area contributed by atoms with Gasteiger partial charge in [0.25, 0.3) is 0 Å². The van der Waals surface area contributed by atoms with Gasteiger partial charge in [-0.15, -0.1) is 0 Å². The van der Waals surface area contributed by atoms with Gasteiger partial charge in [0.1, 0.15) is 0 Å². The van der Waals surface area contributed by atoms with Crippen LogP contribution in [0.15, 0.2) is 42.5 Å². The molecule has 2 aromatic carbocycles.